The highest BCUT2D eigenvalue weighted by Gasteiger charge is 2.07. The summed E-state index contributed by atoms with van der Waals surface area (Å²) < 4.78 is 1.10. The first-order chi connectivity index (χ1) is 8.61. The zero-order chi connectivity index (χ0) is 13.1. The highest BCUT2D eigenvalue weighted by molar-refractivity contribution is 9.10. The van der Waals surface area contributed by atoms with Crippen molar-refractivity contribution in [2.24, 2.45) is 5.73 Å². The van der Waals surface area contributed by atoms with Crippen molar-refractivity contribution in [2.45, 2.75) is 13.5 Å². The summed E-state index contributed by atoms with van der Waals surface area (Å²) in [4.78, 5) is 2.16. The largest absolute Gasteiger partial charge is 0.344 e. The highest BCUT2D eigenvalue weighted by atomic mass is 79.9. The quantitative estimate of drug-likeness (QED) is 0.929. The van der Waals surface area contributed by atoms with Crippen molar-refractivity contribution in [1.29, 1.82) is 0 Å². The molecular formula is C15H17BrN2. The van der Waals surface area contributed by atoms with Crippen LogP contribution in [0.2, 0.25) is 0 Å². The van der Waals surface area contributed by atoms with E-state index in [1.165, 1.54) is 5.56 Å². The van der Waals surface area contributed by atoms with Crippen LogP contribution in [0.1, 0.15) is 11.1 Å². The molecule has 0 fully saturated rings. The molecule has 2 nitrogen and oxygen atoms in total. The van der Waals surface area contributed by atoms with Gasteiger partial charge in [0, 0.05) is 23.8 Å². The molecule has 0 heterocycles. The highest BCUT2D eigenvalue weighted by Crippen LogP contribution is 2.31. The molecule has 0 unspecified atom stereocenters. The lowest BCUT2D eigenvalue weighted by atomic mass is 10.1. The van der Waals surface area contributed by atoms with Crippen LogP contribution in [0.4, 0.5) is 11.4 Å². The second kappa shape index (κ2) is 5.55. The van der Waals surface area contributed by atoms with Gasteiger partial charge in [-0.15, -0.1) is 0 Å². The van der Waals surface area contributed by atoms with Gasteiger partial charge in [-0.1, -0.05) is 18.2 Å². The Kier molecular flexibility index (Phi) is 4.04. The van der Waals surface area contributed by atoms with Gasteiger partial charge < -0.3 is 10.6 Å². The molecule has 0 saturated carbocycles. The standard InChI is InChI=1S/C15H17BrN2/c1-11-3-8-15(14(16)9-11)18(2)13-6-4-12(10-17)5-7-13/h3-9H,10,17H2,1-2H3. The van der Waals surface area contributed by atoms with Crippen molar-refractivity contribution in [3.63, 3.8) is 0 Å². The Morgan fingerprint density at radius 1 is 1.11 bits per heavy atom. The van der Waals surface area contributed by atoms with Gasteiger partial charge in [-0.05, 0) is 58.2 Å². The molecule has 2 N–H and O–H groups in total. The molecule has 2 rings (SSSR count). The molecule has 2 aromatic rings. The fourth-order valence-electron chi connectivity index (χ4n) is 1.88. The third-order valence-corrected chi connectivity index (χ3v) is 3.66. The van der Waals surface area contributed by atoms with E-state index >= 15 is 0 Å². The van der Waals surface area contributed by atoms with Crippen LogP contribution in [0.3, 0.4) is 0 Å². The average molecular weight is 305 g/mol. The fraction of sp³-hybridized carbons (Fsp3) is 0.200. The molecule has 2 aromatic carbocycles. The van der Waals surface area contributed by atoms with Crippen molar-refractivity contribution in [3.8, 4) is 0 Å². The predicted molar refractivity (Wildman–Crippen MR) is 81.3 cm³/mol. The van der Waals surface area contributed by atoms with E-state index in [0.29, 0.717) is 6.54 Å². The van der Waals surface area contributed by atoms with Gasteiger partial charge in [0.1, 0.15) is 0 Å². The van der Waals surface area contributed by atoms with Crippen LogP contribution >= 0.6 is 15.9 Å². The molecule has 0 bridgehead atoms. The lowest BCUT2D eigenvalue weighted by molar-refractivity contribution is 1.07. The first-order valence-corrected chi connectivity index (χ1v) is 6.70. The number of rotatable bonds is 3. The second-order valence-corrected chi connectivity index (χ2v) is 5.24. The molecule has 0 radical (unpaired) electrons. The summed E-state index contributed by atoms with van der Waals surface area (Å²) in [7, 11) is 2.06. The lowest BCUT2D eigenvalue weighted by Crippen LogP contribution is -2.10. The maximum absolute atomic E-state index is 5.61. The number of aryl methyl sites for hydroxylation is 1. The zero-order valence-electron chi connectivity index (χ0n) is 10.7. The normalized spacial score (nSPS) is 10.4. The molecule has 0 aromatic heterocycles. The Morgan fingerprint density at radius 3 is 2.33 bits per heavy atom. The van der Waals surface area contributed by atoms with Crippen LogP contribution in [-0.4, -0.2) is 7.05 Å². The smallest absolute Gasteiger partial charge is 0.0552 e. The van der Waals surface area contributed by atoms with Crippen LogP contribution in [0, 0.1) is 6.92 Å². The summed E-state index contributed by atoms with van der Waals surface area (Å²) in [5, 5.41) is 0. The molecule has 0 spiro atoms. The molecule has 0 amide bonds. The maximum Gasteiger partial charge on any atom is 0.0552 e. The molecule has 0 aliphatic rings. The van der Waals surface area contributed by atoms with Gasteiger partial charge in [0.2, 0.25) is 0 Å². The third-order valence-electron chi connectivity index (χ3n) is 3.02. The van der Waals surface area contributed by atoms with Gasteiger partial charge >= 0.3 is 0 Å². The van der Waals surface area contributed by atoms with Crippen LogP contribution in [-0.2, 0) is 6.54 Å². The summed E-state index contributed by atoms with van der Waals surface area (Å²) in [6, 6.07) is 14.7. The number of nitrogens with zero attached hydrogens (tertiary/aromatic N) is 1. The summed E-state index contributed by atoms with van der Waals surface area (Å²) in [6.07, 6.45) is 0. The van der Waals surface area contributed by atoms with E-state index in [2.05, 4.69) is 77.3 Å². The van der Waals surface area contributed by atoms with Crippen molar-refractivity contribution in [3.05, 3.63) is 58.1 Å². The second-order valence-electron chi connectivity index (χ2n) is 4.38. The zero-order valence-corrected chi connectivity index (χ0v) is 12.2. The predicted octanol–water partition coefficient (Wildman–Crippen LogP) is 3.98. The Morgan fingerprint density at radius 2 is 1.78 bits per heavy atom. The number of anilines is 2. The number of halogens is 1. The molecule has 94 valence electrons. The first-order valence-electron chi connectivity index (χ1n) is 5.90. The Labute approximate surface area is 117 Å². The van der Waals surface area contributed by atoms with E-state index in [0.717, 1.165) is 21.4 Å². The molecule has 0 saturated heterocycles. The van der Waals surface area contributed by atoms with Crippen LogP contribution in [0.25, 0.3) is 0 Å². The summed E-state index contributed by atoms with van der Waals surface area (Å²) in [5.74, 6) is 0. The van der Waals surface area contributed by atoms with Gasteiger partial charge in [-0.2, -0.15) is 0 Å². The maximum atomic E-state index is 5.61. The van der Waals surface area contributed by atoms with Gasteiger partial charge in [0.25, 0.3) is 0 Å². The van der Waals surface area contributed by atoms with Crippen LogP contribution in [0.5, 0.6) is 0 Å². The summed E-state index contributed by atoms with van der Waals surface area (Å²) >= 11 is 3.61. The fourth-order valence-corrected chi connectivity index (χ4v) is 2.64. The van der Waals surface area contributed by atoms with E-state index < -0.39 is 0 Å². The van der Waals surface area contributed by atoms with E-state index in [-0.39, 0.29) is 0 Å². The molecule has 0 aliphatic heterocycles. The van der Waals surface area contributed by atoms with Gasteiger partial charge in [-0.3, -0.25) is 0 Å². The summed E-state index contributed by atoms with van der Waals surface area (Å²) in [6.45, 7) is 2.67. The average Bonchev–Trinajstić information content (AvgIpc) is 2.38. The van der Waals surface area contributed by atoms with E-state index in [9.17, 15) is 0 Å². The first kappa shape index (κ1) is 13.1. The number of nitrogens with two attached hydrogens (primary N) is 1. The Bertz CT molecular complexity index is 535. The third kappa shape index (κ3) is 2.74. The minimum absolute atomic E-state index is 0.582. The minimum atomic E-state index is 0.582. The number of benzene rings is 2. The van der Waals surface area contributed by atoms with Gasteiger partial charge in [0.05, 0.1) is 5.69 Å². The van der Waals surface area contributed by atoms with Crippen LogP contribution < -0.4 is 10.6 Å². The van der Waals surface area contributed by atoms with Gasteiger partial charge in [0.15, 0.2) is 0 Å². The molecule has 3 heteroatoms. The monoisotopic (exact) mass is 304 g/mol. The van der Waals surface area contributed by atoms with Crippen molar-refractivity contribution in [1.82, 2.24) is 0 Å². The van der Waals surface area contributed by atoms with Crippen LogP contribution in [0.15, 0.2) is 46.9 Å². The molecule has 18 heavy (non-hydrogen) atoms. The Hall–Kier alpha value is -1.32. The lowest BCUT2D eigenvalue weighted by Gasteiger charge is -2.21. The topological polar surface area (TPSA) is 29.3 Å². The molecular weight excluding hydrogens is 288 g/mol. The SMILES string of the molecule is Cc1ccc(N(C)c2ccc(CN)cc2)c(Br)c1. The number of hydrogen-bond donors (Lipinski definition) is 1. The van der Waals surface area contributed by atoms with Crippen molar-refractivity contribution >= 4 is 27.3 Å². The Balaban J connectivity index is 2.31. The molecule has 0 atom stereocenters. The number of hydrogen-bond acceptors (Lipinski definition) is 2. The minimum Gasteiger partial charge on any atom is -0.344 e. The van der Waals surface area contributed by atoms with E-state index in [1.807, 2.05) is 0 Å². The van der Waals surface area contributed by atoms with Crippen molar-refractivity contribution in [2.75, 3.05) is 11.9 Å². The molecule has 0 aliphatic carbocycles. The van der Waals surface area contributed by atoms with E-state index in [1.54, 1.807) is 0 Å². The van der Waals surface area contributed by atoms with Crippen molar-refractivity contribution < 1.29 is 0 Å². The summed E-state index contributed by atoms with van der Waals surface area (Å²) in [5.41, 5.74) is 10.3. The van der Waals surface area contributed by atoms with Gasteiger partial charge in [-0.25, -0.2) is 0 Å². The van der Waals surface area contributed by atoms with E-state index in [4.69, 9.17) is 5.73 Å².